The molecule has 0 spiro atoms. The Morgan fingerprint density at radius 3 is 2.93 bits per heavy atom. The normalized spacial score (nSPS) is 11.1. The molecule has 0 unspecified atom stereocenters. The molecule has 80 valence electrons. The summed E-state index contributed by atoms with van der Waals surface area (Å²) in [7, 11) is 0. The fourth-order valence-electron chi connectivity index (χ4n) is 1.82. The van der Waals surface area contributed by atoms with Gasteiger partial charge >= 0.3 is 0 Å². The van der Waals surface area contributed by atoms with E-state index in [9.17, 15) is 5.11 Å². The van der Waals surface area contributed by atoms with Crippen molar-refractivity contribution in [3.63, 3.8) is 0 Å². The molecule has 2 aromatic rings. The number of nitrogens with zero attached hydrogens (tertiary/aromatic N) is 1. The van der Waals surface area contributed by atoms with Crippen LogP contribution in [0.3, 0.4) is 0 Å². The monoisotopic (exact) mass is 206 g/mol. The zero-order valence-electron chi connectivity index (χ0n) is 8.60. The third-order valence-corrected chi connectivity index (χ3v) is 2.53. The lowest BCUT2D eigenvalue weighted by Crippen LogP contribution is -1.98. The van der Waals surface area contributed by atoms with Crippen LogP contribution in [-0.2, 0) is 18.0 Å². The average molecular weight is 206 g/mol. The third kappa shape index (κ3) is 1.69. The van der Waals surface area contributed by atoms with Crippen molar-refractivity contribution in [3.05, 3.63) is 30.0 Å². The Morgan fingerprint density at radius 1 is 1.47 bits per heavy atom. The molecule has 0 amide bonds. The maximum absolute atomic E-state index is 9.42. The van der Waals surface area contributed by atoms with E-state index in [1.807, 2.05) is 12.3 Å². The van der Waals surface area contributed by atoms with E-state index < -0.39 is 0 Å². The van der Waals surface area contributed by atoms with Crippen molar-refractivity contribution >= 4 is 10.9 Å². The fourth-order valence-corrected chi connectivity index (χ4v) is 1.82. The molecule has 1 aromatic heterocycles. The van der Waals surface area contributed by atoms with Gasteiger partial charge in [-0.1, -0.05) is 0 Å². The second kappa shape index (κ2) is 3.92. The summed E-state index contributed by atoms with van der Waals surface area (Å²) in [5, 5.41) is 10.5. The van der Waals surface area contributed by atoms with Gasteiger partial charge in [-0.3, -0.25) is 4.84 Å². The first kappa shape index (κ1) is 10.0. The molecule has 0 aliphatic rings. The first-order valence-corrected chi connectivity index (χ1v) is 4.88. The molecule has 15 heavy (non-hydrogen) atoms. The zero-order chi connectivity index (χ0) is 10.8. The van der Waals surface area contributed by atoms with Crippen LogP contribution in [0.15, 0.2) is 24.4 Å². The van der Waals surface area contributed by atoms with Crippen LogP contribution in [0.4, 0.5) is 0 Å². The summed E-state index contributed by atoms with van der Waals surface area (Å²) in [6, 6.07) is 5.30. The van der Waals surface area contributed by atoms with Crippen LogP contribution >= 0.6 is 0 Å². The zero-order valence-corrected chi connectivity index (χ0v) is 8.60. The minimum absolute atomic E-state index is 0.274. The summed E-state index contributed by atoms with van der Waals surface area (Å²) in [5.74, 6) is 5.35. The van der Waals surface area contributed by atoms with Gasteiger partial charge in [0.1, 0.15) is 5.75 Å². The highest BCUT2D eigenvalue weighted by Crippen LogP contribution is 2.25. The quantitative estimate of drug-likeness (QED) is 0.752. The van der Waals surface area contributed by atoms with Crippen LogP contribution in [0, 0.1) is 0 Å². The van der Waals surface area contributed by atoms with Gasteiger partial charge in [0.15, 0.2) is 0 Å². The third-order valence-electron chi connectivity index (χ3n) is 2.53. The fraction of sp³-hybridized carbons (Fsp3) is 0.273. The lowest BCUT2D eigenvalue weighted by atomic mass is 10.2. The second-order valence-corrected chi connectivity index (χ2v) is 3.45. The number of benzene rings is 1. The van der Waals surface area contributed by atoms with E-state index in [4.69, 9.17) is 5.90 Å². The van der Waals surface area contributed by atoms with Gasteiger partial charge in [-0.05, 0) is 19.1 Å². The van der Waals surface area contributed by atoms with E-state index in [0.29, 0.717) is 6.61 Å². The van der Waals surface area contributed by atoms with Crippen molar-refractivity contribution in [2.24, 2.45) is 5.90 Å². The van der Waals surface area contributed by atoms with Crippen LogP contribution in [0.1, 0.15) is 12.5 Å². The summed E-state index contributed by atoms with van der Waals surface area (Å²) in [4.78, 5) is 4.65. The summed E-state index contributed by atoms with van der Waals surface area (Å²) >= 11 is 0. The van der Waals surface area contributed by atoms with E-state index in [1.54, 1.807) is 12.1 Å². The Kier molecular flexibility index (Phi) is 2.62. The summed E-state index contributed by atoms with van der Waals surface area (Å²) in [6.45, 7) is 3.29. The average Bonchev–Trinajstić information content (AvgIpc) is 2.56. The van der Waals surface area contributed by atoms with Gasteiger partial charge < -0.3 is 9.67 Å². The predicted octanol–water partition coefficient (Wildman–Crippen LogP) is 1.76. The van der Waals surface area contributed by atoms with E-state index in [-0.39, 0.29) is 5.75 Å². The van der Waals surface area contributed by atoms with E-state index >= 15 is 0 Å². The molecule has 0 aliphatic heterocycles. The van der Waals surface area contributed by atoms with Crippen molar-refractivity contribution in [1.82, 2.24) is 4.57 Å². The number of phenols is 1. The van der Waals surface area contributed by atoms with Gasteiger partial charge in [0.25, 0.3) is 0 Å². The number of hydrogen-bond donors (Lipinski definition) is 2. The minimum atomic E-state index is 0.274. The maximum Gasteiger partial charge on any atom is 0.117 e. The number of phenolic OH excluding ortho intramolecular Hbond substituents is 1. The highest BCUT2D eigenvalue weighted by molar-refractivity contribution is 5.85. The lowest BCUT2D eigenvalue weighted by Gasteiger charge is -2.00. The number of aromatic hydroxyl groups is 1. The van der Waals surface area contributed by atoms with Crippen LogP contribution in [0.2, 0.25) is 0 Å². The predicted molar refractivity (Wildman–Crippen MR) is 58.3 cm³/mol. The molecule has 2 rings (SSSR count). The number of aryl methyl sites for hydroxylation is 1. The Labute approximate surface area is 87.8 Å². The van der Waals surface area contributed by atoms with Crippen molar-refractivity contribution in [2.45, 2.75) is 20.1 Å². The Bertz CT molecular complexity index is 477. The summed E-state index contributed by atoms with van der Waals surface area (Å²) < 4.78 is 2.06. The number of aromatic nitrogens is 1. The van der Waals surface area contributed by atoms with Crippen molar-refractivity contribution in [3.8, 4) is 5.75 Å². The molecule has 0 fully saturated rings. The molecule has 0 bridgehead atoms. The van der Waals surface area contributed by atoms with Crippen molar-refractivity contribution < 1.29 is 9.94 Å². The number of fused-ring (bicyclic) bond motifs is 1. The SMILES string of the molecule is CCn1cc(CON)c2ccc(O)cc21. The molecular formula is C11H14N2O2. The lowest BCUT2D eigenvalue weighted by molar-refractivity contribution is 0.125. The molecular weight excluding hydrogens is 192 g/mol. The first-order valence-electron chi connectivity index (χ1n) is 4.88. The molecule has 4 nitrogen and oxygen atoms in total. The number of nitrogens with two attached hydrogens (primary N) is 1. The van der Waals surface area contributed by atoms with Gasteiger partial charge in [0.05, 0.1) is 12.1 Å². The molecule has 0 saturated carbocycles. The van der Waals surface area contributed by atoms with E-state index in [1.165, 1.54) is 0 Å². The highest BCUT2D eigenvalue weighted by Gasteiger charge is 2.07. The number of rotatable bonds is 3. The highest BCUT2D eigenvalue weighted by atomic mass is 16.6. The largest absolute Gasteiger partial charge is 0.508 e. The Morgan fingerprint density at radius 2 is 2.27 bits per heavy atom. The standard InChI is InChI=1S/C11H14N2O2/c1-2-13-6-8(7-15-12)10-4-3-9(14)5-11(10)13/h3-6,14H,2,7,12H2,1H3. The Hall–Kier alpha value is -1.52. The van der Waals surface area contributed by atoms with Gasteiger partial charge in [-0.2, -0.15) is 0 Å². The van der Waals surface area contributed by atoms with Crippen molar-refractivity contribution in [1.29, 1.82) is 0 Å². The molecule has 1 aromatic carbocycles. The molecule has 0 aliphatic carbocycles. The van der Waals surface area contributed by atoms with Gasteiger partial charge in [0, 0.05) is 29.8 Å². The molecule has 0 atom stereocenters. The Balaban J connectivity index is 2.64. The minimum Gasteiger partial charge on any atom is -0.508 e. The smallest absolute Gasteiger partial charge is 0.117 e. The molecule has 0 radical (unpaired) electrons. The van der Waals surface area contributed by atoms with Crippen molar-refractivity contribution in [2.75, 3.05) is 0 Å². The van der Waals surface area contributed by atoms with E-state index in [0.717, 1.165) is 23.0 Å². The topological polar surface area (TPSA) is 60.4 Å². The van der Waals surface area contributed by atoms with E-state index in [2.05, 4.69) is 16.3 Å². The van der Waals surface area contributed by atoms with Crippen LogP contribution in [-0.4, -0.2) is 9.67 Å². The molecule has 0 saturated heterocycles. The summed E-state index contributed by atoms with van der Waals surface area (Å²) in [5.41, 5.74) is 2.04. The second-order valence-electron chi connectivity index (χ2n) is 3.45. The van der Waals surface area contributed by atoms with Crippen LogP contribution in [0.25, 0.3) is 10.9 Å². The maximum atomic E-state index is 9.42. The number of hydrogen-bond acceptors (Lipinski definition) is 3. The molecule has 1 heterocycles. The molecule has 3 N–H and O–H groups in total. The van der Waals surface area contributed by atoms with Gasteiger partial charge in [0.2, 0.25) is 0 Å². The van der Waals surface area contributed by atoms with Crippen LogP contribution in [0.5, 0.6) is 5.75 Å². The van der Waals surface area contributed by atoms with Gasteiger partial charge in [-0.15, -0.1) is 0 Å². The molecule has 4 heteroatoms. The first-order chi connectivity index (χ1) is 7.26. The summed E-state index contributed by atoms with van der Waals surface area (Å²) in [6.07, 6.45) is 2.00. The van der Waals surface area contributed by atoms with Gasteiger partial charge in [-0.25, -0.2) is 5.90 Å². The van der Waals surface area contributed by atoms with Crippen LogP contribution < -0.4 is 5.90 Å².